The van der Waals surface area contributed by atoms with Crippen molar-refractivity contribution in [2.75, 3.05) is 11.1 Å². The number of benzene rings is 1. The highest BCUT2D eigenvalue weighted by Gasteiger charge is 2.10. The van der Waals surface area contributed by atoms with Crippen molar-refractivity contribution in [1.82, 2.24) is 20.2 Å². The largest absolute Gasteiger partial charge is 0.310 e. The van der Waals surface area contributed by atoms with E-state index in [1.807, 2.05) is 13.0 Å². The molecule has 2 N–H and O–H groups in total. The highest BCUT2D eigenvalue weighted by atomic mass is 32.2. The molecule has 2 aromatic heterocycles. The predicted molar refractivity (Wildman–Crippen MR) is 95.6 cm³/mol. The molecule has 7 nitrogen and oxygen atoms in total. The molecule has 0 aliphatic heterocycles. The van der Waals surface area contributed by atoms with Gasteiger partial charge in [0.1, 0.15) is 5.82 Å². The minimum atomic E-state index is -0.193. The maximum atomic E-state index is 12.0. The lowest BCUT2D eigenvalue weighted by molar-refractivity contribution is -0.116. The second kappa shape index (κ2) is 7.54. The molecule has 3 rings (SSSR count). The zero-order valence-electron chi connectivity index (χ0n) is 12.9. The molecule has 1 aromatic carbocycles. The fourth-order valence-electron chi connectivity index (χ4n) is 2.11. The van der Waals surface area contributed by atoms with Gasteiger partial charge in [0.2, 0.25) is 11.0 Å². The van der Waals surface area contributed by atoms with Crippen LogP contribution >= 0.6 is 23.1 Å². The molecule has 0 spiro atoms. The average Bonchev–Trinajstić information content (AvgIpc) is 3.00. The Bertz CT molecular complexity index is 921. The molecule has 0 atom stereocenters. The van der Waals surface area contributed by atoms with E-state index in [4.69, 9.17) is 0 Å². The van der Waals surface area contributed by atoms with Gasteiger partial charge in [-0.05, 0) is 17.9 Å². The maximum Gasteiger partial charge on any atom is 0.258 e. The monoisotopic (exact) mass is 361 g/mol. The number of hydrogen-bond donors (Lipinski definition) is 2. The summed E-state index contributed by atoms with van der Waals surface area (Å²) >= 11 is 2.93. The van der Waals surface area contributed by atoms with Crippen LogP contribution in [0.1, 0.15) is 19.2 Å². The van der Waals surface area contributed by atoms with Gasteiger partial charge in [-0.15, -0.1) is 10.2 Å². The zero-order chi connectivity index (χ0) is 16.9. The van der Waals surface area contributed by atoms with Crippen molar-refractivity contribution in [3.8, 4) is 0 Å². The molecular formula is C15H15N5O2S2. The first-order valence-corrected chi connectivity index (χ1v) is 9.20. The molecule has 24 heavy (non-hydrogen) atoms. The number of aromatic nitrogens is 4. The lowest BCUT2D eigenvalue weighted by atomic mass is 10.2. The van der Waals surface area contributed by atoms with Crippen LogP contribution in [0.5, 0.6) is 0 Å². The van der Waals surface area contributed by atoms with E-state index in [1.54, 1.807) is 30.0 Å². The van der Waals surface area contributed by atoms with E-state index < -0.39 is 0 Å². The molecule has 9 heteroatoms. The molecule has 0 aliphatic rings. The Kier molecular flexibility index (Phi) is 5.21. The highest BCUT2D eigenvalue weighted by Crippen LogP contribution is 2.25. The van der Waals surface area contributed by atoms with Crippen molar-refractivity contribution < 1.29 is 4.79 Å². The SMILES string of the molecule is CCSc1nnc(NC(=O)CCc2nc3ccccc3c(=O)[nH]2)s1. The molecule has 0 radical (unpaired) electrons. The third kappa shape index (κ3) is 3.98. The summed E-state index contributed by atoms with van der Waals surface area (Å²) in [6.45, 7) is 2.03. The van der Waals surface area contributed by atoms with Crippen LogP contribution in [0.3, 0.4) is 0 Å². The highest BCUT2D eigenvalue weighted by molar-refractivity contribution is 8.01. The second-order valence-electron chi connectivity index (χ2n) is 4.88. The fourth-order valence-corrected chi connectivity index (χ4v) is 3.77. The quantitative estimate of drug-likeness (QED) is 0.517. The van der Waals surface area contributed by atoms with Crippen LogP contribution < -0.4 is 10.9 Å². The van der Waals surface area contributed by atoms with E-state index in [2.05, 4.69) is 25.5 Å². The van der Waals surface area contributed by atoms with Crippen molar-refractivity contribution in [2.45, 2.75) is 24.1 Å². The Hall–Kier alpha value is -2.26. The maximum absolute atomic E-state index is 12.0. The van der Waals surface area contributed by atoms with Gasteiger partial charge in [-0.3, -0.25) is 9.59 Å². The molecule has 0 unspecified atom stereocenters. The van der Waals surface area contributed by atoms with Gasteiger partial charge in [0, 0.05) is 12.8 Å². The number of carbonyl (C=O) groups excluding carboxylic acids is 1. The number of carbonyl (C=O) groups is 1. The van der Waals surface area contributed by atoms with Gasteiger partial charge in [0.05, 0.1) is 10.9 Å². The second-order valence-corrected chi connectivity index (χ2v) is 7.37. The Morgan fingerprint density at radius 3 is 3.00 bits per heavy atom. The van der Waals surface area contributed by atoms with Crippen LogP contribution in [0, 0.1) is 0 Å². The number of hydrogen-bond acceptors (Lipinski definition) is 7. The summed E-state index contributed by atoms with van der Waals surface area (Å²) in [7, 11) is 0. The number of thioether (sulfide) groups is 1. The average molecular weight is 361 g/mol. The number of fused-ring (bicyclic) bond motifs is 1. The molecule has 0 saturated heterocycles. The third-order valence-corrected chi connectivity index (χ3v) is 5.03. The van der Waals surface area contributed by atoms with Crippen LogP contribution in [0.4, 0.5) is 5.13 Å². The molecular weight excluding hydrogens is 346 g/mol. The standard InChI is InChI=1S/C15H15N5O2S2/c1-2-23-15-20-19-14(24-15)18-12(21)8-7-11-16-10-6-4-3-5-9(10)13(22)17-11/h3-6H,2,7-8H2,1H3,(H,16,17,22)(H,18,19,21). The van der Waals surface area contributed by atoms with Crippen LogP contribution in [0.25, 0.3) is 10.9 Å². The summed E-state index contributed by atoms with van der Waals surface area (Å²) in [6, 6.07) is 7.12. The number of aryl methyl sites for hydroxylation is 1. The molecule has 0 bridgehead atoms. The molecule has 2 heterocycles. The van der Waals surface area contributed by atoms with Crippen LogP contribution in [-0.2, 0) is 11.2 Å². The van der Waals surface area contributed by atoms with Gasteiger partial charge in [0.15, 0.2) is 4.34 Å². The molecule has 0 fully saturated rings. The first-order valence-electron chi connectivity index (χ1n) is 7.40. The topological polar surface area (TPSA) is 101 Å². The van der Waals surface area contributed by atoms with Crippen LogP contribution in [0.15, 0.2) is 33.4 Å². The van der Waals surface area contributed by atoms with Gasteiger partial charge in [-0.25, -0.2) is 4.98 Å². The molecule has 124 valence electrons. The zero-order valence-corrected chi connectivity index (χ0v) is 14.5. The van der Waals surface area contributed by atoms with Crippen molar-refractivity contribution in [3.63, 3.8) is 0 Å². The first kappa shape index (κ1) is 16.6. The molecule has 1 amide bonds. The lowest BCUT2D eigenvalue weighted by Gasteiger charge is -2.03. The smallest absolute Gasteiger partial charge is 0.258 e. The summed E-state index contributed by atoms with van der Waals surface area (Å²) in [5.74, 6) is 1.21. The van der Waals surface area contributed by atoms with E-state index in [0.29, 0.717) is 28.3 Å². The summed E-state index contributed by atoms with van der Waals surface area (Å²) in [5.41, 5.74) is 0.434. The van der Waals surface area contributed by atoms with Gasteiger partial charge in [-0.1, -0.05) is 42.2 Å². The van der Waals surface area contributed by atoms with Gasteiger partial charge < -0.3 is 10.3 Å². The first-order chi connectivity index (χ1) is 11.7. The Labute approximate surface area is 145 Å². The van der Waals surface area contributed by atoms with E-state index in [1.165, 1.54) is 11.3 Å². The number of rotatable bonds is 6. The van der Waals surface area contributed by atoms with Crippen molar-refractivity contribution in [1.29, 1.82) is 0 Å². The summed E-state index contributed by atoms with van der Waals surface area (Å²) in [5, 5.41) is 11.6. The fraction of sp³-hybridized carbons (Fsp3) is 0.267. The number of aromatic amines is 1. The molecule has 0 aliphatic carbocycles. The van der Waals surface area contributed by atoms with Crippen molar-refractivity contribution in [3.05, 3.63) is 40.4 Å². The van der Waals surface area contributed by atoms with E-state index in [9.17, 15) is 9.59 Å². The van der Waals surface area contributed by atoms with Gasteiger partial charge >= 0.3 is 0 Å². The number of anilines is 1. The number of nitrogens with zero attached hydrogens (tertiary/aromatic N) is 3. The van der Waals surface area contributed by atoms with Crippen molar-refractivity contribution >= 4 is 45.0 Å². The van der Waals surface area contributed by atoms with Crippen LogP contribution in [0.2, 0.25) is 0 Å². The predicted octanol–water partition coefficient (Wildman–Crippen LogP) is 2.46. The molecule has 0 saturated carbocycles. The minimum absolute atomic E-state index is 0.185. The summed E-state index contributed by atoms with van der Waals surface area (Å²) < 4.78 is 0.827. The Morgan fingerprint density at radius 2 is 2.17 bits per heavy atom. The van der Waals surface area contributed by atoms with E-state index in [0.717, 1.165) is 10.1 Å². The number of nitrogens with one attached hydrogen (secondary N) is 2. The van der Waals surface area contributed by atoms with Gasteiger partial charge in [-0.2, -0.15) is 0 Å². The Morgan fingerprint density at radius 1 is 1.33 bits per heavy atom. The lowest BCUT2D eigenvalue weighted by Crippen LogP contribution is -2.16. The number of H-pyrrole nitrogens is 1. The summed E-state index contributed by atoms with van der Waals surface area (Å²) in [4.78, 5) is 31.1. The number of para-hydroxylation sites is 1. The van der Waals surface area contributed by atoms with E-state index in [-0.39, 0.29) is 17.9 Å². The summed E-state index contributed by atoms with van der Waals surface area (Å²) in [6.07, 6.45) is 0.554. The van der Waals surface area contributed by atoms with Gasteiger partial charge in [0.25, 0.3) is 5.56 Å². The number of amides is 1. The van der Waals surface area contributed by atoms with Crippen LogP contribution in [-0.4, -0.2) is 31.8 Å². The molecule has 3 aromatic rings. The normalized spacial score (nSPS) is 10.9. The van der Waals surface area contributed by atoms with Crippen molar-refractivity contribution in [2.24, 2.45) is 0 Å². The minimum Gasteiger partial charge on any atom is -0.310 e. The third-order valence-electron chi connectivity index (χ3n) is 3.17. The Balaban J connectivity index is 1.62. The van der Waals surface area contributed by atoms with E-state index >= 15 is 0 Å².